The number of benzene rings is 2. The summed E-state index contributed by atoms with van der Waals surface area (Å²) in [6.07, 6.45) is 8.48. The largest absolute Gasteiger partial charge is 0.379 e. The Morgan fingerprint density at radius 1 is 1.09 bits per heavy atom. The fourth-order valence-corrected chi connectivity index (χ4v) is 4.77. The van der Waals surface area contributed by atoms with Gasteiger partial charge in [-0.15, -0.1) is 0 Å². The highest BCUT2D eigenvalue weighted by molar-refractivity contribution is 5.97. The van der Waals surface area contributed by atoms with Crippen molar-refractivity contribution >= 4 is 22.4 Å². The lowest BCUT2D eigenvalue weighted by Gasteiger charge is -2.26. The summed E-state index contributed by atoms with van der Waals surface area (Å²) in [5, 5.41) is 0. The Morgan fingerprint density at radius 3 is 2.78 bits per heavy atom. The number of imidazole rings is 1. The van der Waals surface area contributed by atoms with E-state index in [1.165, 1.54) is 29.5 Å². The smallest absolute Gasteiger partial charge is 0.202 e. The third-order valence-electron chi connectivity index (χ3n) is 6.64. The molecule has 0 bridgehead atoms. The maximum Gasteiger partial charge on any atom is 0.202 e. The molecule has 2 aliphatic rings. The van der Waals surface area contributed by atoms with Gasteiger partial charge in [-0.3, -0.25) is 9.69 Å². The number of ether oxygens (including phenoxy) is 1. The molecular formula is C27H31N3O2. The topological polar surface area (TPSA) is 58.2 Å². The minimum Gasteiger partial charge on any atom is -0.379 e. The van der Waals surface area contributed by atoms with E-state index in [4.69, 9.17) is 4.74 Å². The zero-order valence-corrected chi connectivity index (χ0v) is 18.6. The van der Waals surface area contributed by atoms with Crippen molar-refractivity contribution in [1.29, 1.82) is 0 Å². The molecule has 2 aromatic carbocycles. The summed E-state index contributed by atoms with van der Waals surface area (Å²) in [4.78, 5) is 23.3. The molecule has 2 heterocycles. The fraction of sp³-hybridized carbons (Fsp3) is 0.407. The van der Waals surface area contributed by atoms with Crippen LogP contribution in [0.25, 0.3) is 16.6 Å². The van der Waals surface area contributed by atoms with Crippen molar-refractivity contribution < 1.29 is 9.53 Å². The van der Waals surface area contributed by atoms with Crippen LogP contribution in [0.2, 0.25) is 0 Å². The van der Waals surface area contributed by atoms with Crippen LogP contribution in [-0.4, -0.2) is 53.5 Å². The number of carbonyl (C=O) groups excluding carboxylic acids is 1. The number of hydrogen-bond acceptors (Lipinski definition) is 4. The van der Waals surface area contributed by atoms with E-state index in [-0.39, 0.29) is 5.78 Å². The summed E-state index contributed by atoms with van der Waals surface area (Å²) in [6, 6.07) is 14.5. The second-order valence-electron chi connectivity index (χ2n) is 8.87. The van der Waals surface area contributed by atoms with E-state index in [1.54, 1.807) is 0 Å². The van der Waals surface area contributed by atoms with E-state index in [9.17, 15) is 4.79 Å². The van der Waals surface area contributed by atoms with Gasteiger partial charge in [-0.1, -0.05) is 36.4 Å². The number of ketones is 1. The SMILES string of the molecule is O=C(Cc1ccc(CCN2CCOCC2)cc1C1=CCCCC1)c1nc2ccccc2[nH]1. The van der Waals surface area contributed by atoms with Gasteiger partial charge < -0.3 is 9.72 Å². The third kappa shape index (κ3) is 4.84. The number of fused-ring (bicyclic) bond motifs is 1. The lowest BCUT2D eigenvalue weighted by atomic mass is 9.87. The van der Waals surface area contributed by atoms with Gasteiger partial charge in [0.25, 0.3) is 0 Å². The van der Waals surface area contributed by atoms with E-state index in [1.807, 2.05) is 24.3 Å². The molecule has 0 amide bonds. The quantitative estimate of drug-likeness (QED) is 0.547. The van der Waals surface area contributed by atoms with Crippen LogP contribution in [0.4, 0.5) is 0 Å². The number of allylic oxidation sites excluding steroid dienone is 2. The summed E-state index contributed by atoms with van der Waals surface area (Å²) in [6.45, 7) is 4.76. The molecular weight excluding hydrogens is 398 g/mol. The molecule has 1 N–H and O–H groups in total. The van der Waals surface area contributed by atoms with Gasteiger partial charge >= 0.3 is 0 Å². The van der Waals surface area contributed by atoms with E-state index in [0.717, 1.165) is 68.7 Å². The molecule has 5 rings (SSSR count). The fourth-order valence-electron chi connectivity index (χ4n) is 4.77. The Morgan fingerprint density at radius 2 is 1.97 bits per heavy atom. The van der Waals surface area contributed by atoms with Crippen molar-refractivity contribution in [2.75, 3.05) is 32.8 Å². The minimum absolute atomic E-state index is 0.0416. The number of carbonyl (C=O) groups is 1. The van der Waals surface area contributed by atoms with Gasteiger partial charge in [-0.2, -0.15) is 0 Å². The number of rotatable bonds is 7. The van der Waals surface area contributed by atoms with Gasteiger partial charge in [0.15, 0.2) is 5.82 Å². The number of H-pyrrole nitrogens is 1. The molecule has 1 saturated heterocycles. The van der Waals surface area contributed by atoms with Crippen LogP contribution in [0.15, 0.2) is 48.5 Å². The van der Waals surface area contributed by atoms with E-state index < -0.39 is 0 Å². The standard InChI is InChI=1S/C27H31N3O2/c31-26(27-28-24-8-4-5-9-25(24)29-27)19-22-11-10-20(12-13-30-14-16-32-17-15-30)18-23(22)21-6-2-1-3-7-21/h4-6,8-11,18H,1-3,7,12-17,19H2,(H,28,29). The van der Waals surface area contributed by atoms with Crippen LogP contribution in [0.3, 0.4) is 0 Å². The molecule has 0 spiro atoms. The molecule has 166 valence electrons. The average Bonchev–Trinajstić information content (AvgIpc) is 3.29. The first kappa shape index (κ1) is 21.1. The summed E-state index contributed by atoms with van der Waals surface area (Å²) in [7, 11) is 0. The van der Waals surface area contributed by atoms with Crippen LogP contribution in [0.1, 0.15) is 53.0 Å². The highest BCUT2D eigenvalue weighted by Crippen LogP contribution is 2.31. The summed E-state index contributed by atoms with van der Waals surface area (Å²) in [5.74, 6) is 0.492. The zero-order chi connectivity index (χ0) is 21.8. The molecule has 0 unspecified atom stereocenters. The van der Waals surface area contributed by atoms with Crippen LogP contribution in [0, 0.1) is 0 Å². The first-order valence-electron chi connectivity index (χ1n) is 11.9. The Balaban J connectivity index is 1.37. The lowest BCUT2D eigenvalue weighted by molar-refractivity contribution is 0.0384. The number of Topliss-reactive ketones (excluding diaryl/α,β-unsaturated/α-hetero) is 1. The Hall–Kier alpha value is -2.76. The number of morpholine rings is 1. The van der Waals surface area contributed by atoms with Crippen molar-refractivity contribution in [3.8, 4) is 0 Å². The Labute approximate surface area is 189 Å². The molecule has 0 radical (unpaired) electrons. The van der Waals surface area contributed by atoms with Gasteiger partial charge in [-0.25, -0.2) is 4.98 Å². The van der Waals surface area contributed by atoms with E-state index >= 15 is 0 Å². The average molecular weight is 430 g/mol. The van der Waals surface area contributed by atoms with Gasteiger partial charge in [0.1, 0.15) is 0 Å². The molecule has 1 aliphatic carbocycles. The first-order valence-corrected chi connectivity index (χ1v) is 11.9. The van der Waals surface area contributed by atoms with Gasteiger partial charge in [0, 0.05) is 26.1 Å². The van der Waals surface area contributed by atoms with Crippen LogP contribution in [-0.2, 0) is 17.6 Å². The molecule has 5 heteroatoms. The van der Waals surface area contributed by atoms with Crippen molar-refractivity contribution in [2.24, 2.45) is 0 Å². The lowest BCUT2D eigenvalue weighted by Crippen LogP contribution is -2.37. The maximum atomic E-state index is 13.1. The van der Waals surface area contributed by atoms with Crippen molar-refractivity contribution in [1.82, 2.24) is 14.9 Å². The molecule has 0 atom stereocenters. The van der Waals surface area contributed by atoms with Crippen LogP contribution < -0.4 is 0 Å². The Kier molecular flexibility index (Phi) is 6.46. The normalized spacial score (nSPS) is 17.4. The van der Waals surface area contributed by atoms with E-state index in [0.29, 0.717) is 12.2 Å². The number of para-hydroxylation sites is 2. The number of nitrogens with zero attached hydrogens (tertiary/aromatic N) is 2. The molecule has 0 saturated carbocycles. The van der Waals surface area contributed by atoms with Crippen LogP contribution >= 0.6 is 0 Å². The predicted molar refractivity (Wildman–Crippen MR) is 128 cm³/mol. The third-order valence-corrected chi connectivity index (χ3v) is 6.64. The number of nitrogens with one attached hydrogen (secondary N) is 1. The second-order valence-corrected chi connectivity index (χ2v) is 8.87. The highest BCUT2D eigenvalue weighted by Gasteiger charge is 2.18. The first-order chi connectivity index (χ1) is 15.8. The van der Waals surface area contributed by atoms with Crippen LogP contribution in [0.5, 0.6) is 0 Å². The zero-order valence-electron chi connectivity index (χ0n) is 18.6. The molecule has 1 aliphatic heterocycles. The van der Waals surface area contributed by atoms with Crippen molar-refractivity contribution in [3.63, 3.8) is 0 Å². The predicted octanol–water partition coefficient (Wildman–Crippen LogP) is 4.82. The monoisotopic (exact) mass is 429 g/mol. The molecule has 1 aromatic heterocycles. The molecule has 1 fully saturated rings. The molecule has 3 aromatic rings. The van der Waals surface area contributed by atoms with Crippen molar-refractivity contribution in [3.05, 3.63) is 71.1 Å². The summed E-state index contributed by atoms with van der Waals surface area (Å²) in [5.41, 5.74) is 6.86. The number of aromatic amines is 1. The maximum absolute atomic E-state index is 13.1. The minimum atomic E-state index is 0.0416. The second kappa shape index (κ2) is 9.80. The molecule has 32 heavy (non-hydrogen) atoms. The van der Waals surface area contributed by atoms with Gasteiger partial charge in [-0.05, 0) is 66.5 Å². The highest BCUT2D eigenvalue weighted by atomic mass is 16.5. The number of hydrogen-bond donors (Lipinski definition) is 1. The molecule has 5 nitrogen and oxygen atoms in total. The van der Waals surface area contributed by atoms with Gasteiger partial charge in [0.2, 0.25) is 5.78 Å². The summed E-state index contributed by atoms with van der Waals surface area (Å²) < 4.78 is 5.47. The van der Waals surface area contributed by atoms with E-state index in [2.05, 4.69) is 39.1 Å². The van der Waals surface area contributed by atoms with Gasteiger partial charge in [0.05, 0.1) is 24.2 Å². The Bertz CT molecular complexity index is 1090. The number of aromatic nitrogens is 2. The summed E-state index contributed by atoms with van der Waals surface area (Å²) >= 11 is 0. The van der Waals surface area contributed by atoms with Crippen molar-refractivity contribution in [2.45, 2.75) is 38.5 Å².